The number of benzene rings is 2. The predicted octanol–water partition coefficient (Wildman–Crippen LogP) is 7.96. The van der Waals surface area contributed by atoms with E-state index in [0.29, 0.717) is 10.6 Å². The molecule has 0 spiro atoms. The van der Waals surface area contributed by atoms with Crippen LogP contribution in [0.1, 0.15) is 88.3 Å². The number of imidazole rings is 1. The quantitative estimate of drug-likeness (QED) is 0.294. The van der Waals surface area contributed by atoms with Crippen LogP contribution in [0.15, 0.2) is 42.7 Å². The Labute approximate surface area is 243 Å². The smallest absolute Gasteiger partial charge is 0.243 e. The third kappa shape index (κ3) is 5.79. The van der Waals surface area contributed by atoms with E-state index in [1.54, 1.807) is 22.9 Å². The molecule has 2 atom stereocenters. The molecule has 40 heavy (non-hydrogen) atoms. The summed E-state index contributed by atoms with van der Waals surface area (Å²) in [5.74, 6) is -2.20. The molecular formula is C31H35Cl2F2N3O2. The van der Waals surface area contributed by atoms with Gasteiger partial charge in [-0.05, 0) is 62.3 Å². The lowest BCUT2D eigenvalue weighted by molar-refractivity contribution is -0.127. The van der Waals surface area contributed by atoms with E-state index in [2.05, 4.69) is 10.3 Å². The van der Waals surface area contributed by atoms with Crippen LogP contribution in [0.25, 0.3) is 11.4 Å². The van der Waals surface area contributed by atoms with Crippen LogP contribution in [0, 0.1) is 17.6 Å². The average Bonchev–Trinajstić information content (AvgIpc) is 3.41. The summed E-state index contributed by atoms with van der Waals surface area (Å²) >= 11 is 12.3. The van der Waals surface area contributed by atoms with Crippen LogP contribution in [0.2, 0.25) is 10.0 Å². The highest BCUT2D eigenvalue weighted by molar-refractivity contribution is 6.42. The van der Waals surface area contributed by atoms with E-state index in [9.17, 15) is 14.3 Å². The van der Waals surface area contributed by atoms with Crippen molar-refractivity contribution in [3.8, 4) is 11.4 Å². The monoisotopic (exact) mass is 589 g/mol. The zero-order valence-corrected chi connectivity index (χ0v) is 24.1. The number of halogens is 4. The Kier molecular flexibility index (Phi) is 8.83. The summed E-state index contributed by atoms with van der Waals surface area (Å²) < 4.78 is 32.3. The first-order chi connectivity index (χ1) is 19.2. The van der Waals surface area contributed by atoms with Gasteiger partial charge in [-0.1, -0.05) is 73.9 Å². The molecule has 9 heteroatoms. The largest absolute Gasteiger partial charge is 0.381 e. The maximum atomic E-state index is 15.8. The minimum Gasteiger partial charge on any atom is -0.381 e. The zero-order valence-electron chi connectivity index (χ0n) is 22.6. The van der Waals surface area contributed by atoms with Gasteiger partial charge in [0.1, 0.15) is 17.5 Å². The molecule has 0 bridgehead atoms. The van der Waals surface area contributed by atoms with Gasteiger partial charge in [0.2, 0.25) is 5.91 Å². The molecule has 1 aromatic heterocycles. The summed E-state index contributed by atoms with van der Waals surface area (Å²) in [6, 6.07) is 6.46. The maximum Gasteiger partial charge on any atom is 0.243 e. The van der Waals surface area contributed by atoms with Crippen LogP contribution in [-0.4, -0.2) is 26.6 Å². The second-order valence-electron chi connectivity index (χ2n) is 11.3. The number of nitrogens with one attached hydrogen (secondary N) is 1. The van der Waals surface area contributed by atoms with Crippen LogP contribution in [0.3, 0.4) is 0 Å². The van der Waals surface area contributed by atoms with Crippen molar-refractivity contribution in [2.75, 3.05) is 0 Å². The second-order valence-corrected chi connectivity index (χ2v) is 12.1. The number of aliphatic hydroxyl groups is 1. The average molecular weight is 591 g/mol. The lowest BCUT2D eigenvalue weighted by atomic mass is 9.82. The first-order valence-corrected chi connectivity index (χ1v) is 14.9. The molecular weight excluding hydrogens is 555 g/mol. The summed E-state index contributed by atoms with van der Waals surface area (Å²) in [4.78, 5) is 18.4. The fourth-order valence-corrected chi connectivity index (χ4v) is 6.71. The second kappa shape index (κ2) is 12.2. The maximum absolute atomic E-state index is 15.8. The molecule has 2 N–H and O–H groups in total. The predicted molar refractivity (Wildman–Crippen MR) is 153 cm³/mol. The molecule has 2 aliphatic carbocycles. The molecule has 5 nitrogen and oxygen atoms in total. The van der Waals surface area contributed by atoms with Gasteiger partial charge in [0.05, 0.1) is 15.6 Å². The Hall–Kier alpha value is -2.48. The van der Waals surface area contributed by atoms with Gasteiger partial charge in [-0.15, -0.1) is 0 Å². The fourth-order valence-electron chi connectivity index (χ4n) is 6.41. The highest BCUT2D eigenvalue weighted by atomic mass is 35.5. The Balaban J connectivity index is 1.61. The molecule has 0 saturated heterocycles. The van der Waals surface area contributed by atoms with Crippen molar-refractivity contribution >= 4 is 29.1 Å². The molecule has 1 amide bonds. The van der Waals surface area contributed by atoms with Crippen molar-refractivity contribution in [3.63, 3.8) is 0 Å². The van der Waals surface area contributed by atoms with Gasteiger partial charge >= 0.3 is 0 Å². The summed E-state index contributed by atoms with van der Waals surface area (Å²) in [6.45, 7) is 1.49. The van der Waals surface area contributed by atoms with Gasteiger partial charge in [0.15, 0.2) is 11.6 Å². The van der Waals surface area contributed by atoms with Gasteiger partial charge < -0.3 is 15.0 Å². The number of hydrogen-bond donors (Lipinski definition) is 2. The van der Waals surface area contributed by atoms with Crippen molar-refractivity contribution in [1.82, 2.24) is 14.9 Å². The molecule has 2 saturated carbocycles. The minimum atomic E-state index is -1.78. The molecule has 2 aromatic carbocycles. The number of hydrogen-bond acceptors (Lipinski definition) is 3. The topological polar surface area (TPSA) is 67.2 Å². The molecule has 0 radical (unpaired) electrons. The number of carbonyl (C=O) groups excluding carboxylic acids is 1. The normalized spacial score (nSPS) is 19.2. The van der Waals surface area contributed by atoms with Crippen LogP contribution in [0.4, 0.5) is 8.78 Å². The van der Waals surface area contributed by atoms with Crippen LogP contribution in [-0.2, 0) is 10.4 Å². The van der Waals surface area contributed by atoms with E-state index >= 15 is 4.39 Å². The van der Waals surface area contributed by atoms with Gasteiger partial charge in [0, 0.05) is 24.0 Å². The number of amides is 1. The van der Waals surface area contributed by atoms with Gasteiger partial charge in [0.25, 0.3) is 0 Å². The van der Waals surface area contributed by atoms with Crippen molar-refractivity contribution in [1.29, 1.82) is 0 Å². The number of rotatable bonds is 7. The van der Waals surface area contributed by atoms with Gasteiger partial charge in [-0.25, -0.2) is 13.8 Å². The highest BCUT2D eigenvalue weighted by Gasteiger charge is 2.37. The van der Waals surface area contributed by atoms with Crippen molar-refractivity contribution in [2.24, 2.45) is 5.92 Å². The zero-order chi connectivity index (χ0) is 28.4. The fraction of sp³-hybridized carbons (Fsp3) is 0.484. The standard InChI is InChI=1S/C31H35Cl2F2N3O2/c1-31(40,20-12-14-23(32)24(33)18-20)22-13-15-25(34)27(35)26(22)29-36-16-17-38(29)28(19-8-4-2-5-9-19)30(39)37-21-10-6-3-7-11-21/h12-19,21,28,40H,2-11H2,1H3,(H,37,39). The van der Waals surface area contributed by atoms with Gasteiger partial charge in [-0.3, -0.25) is 4.79 Å². The first kappa shape index (κ1) is 29.0. The number of carbonyl (C=O) groups is 1. The molecule has 214 valence electrons. The molecule has 0 aliphatic heterocycles. The minimum absolute atomic E-state index is 0.0287. The summed E-state index contributed by atoms with van der Waals surface area (Å²) in [6.07, 6.45) is 13.2. The van der Waals surface area contributed by atoms with E-state index in [0.717, 1.165) is 63.9 Å². The molecule has 3 aromatic rings. The molecule has 5 rings (SSSR count). The summed E-state index contributed by atoms with van der Waals surface area (Å²) in [5.41, 5.74) is -1.51. The van der Waals surface area contributed by atoms with E-state index in [-0.39, 0.29) is 39.8 Å². The van der Waals surface area contributed by atoms with E-state index < -0.39 is 23.3 Å². The van der Waals surface area contributed by atoms with E-state index in [1.807, 2.05) is 0 Å². The Morgan fingerprint density at radius 2 is 1.70 bits per heavy atom. The van der Waals surface area contributed by atoms with Crippen molar-refractivity contribution in [3.05, 3.63) is 75.5 Å². The lowest BCUT2D eigenvalue weighted by Crippen LogP contribution is -2.43. The summed E-state index contributed by atoms with van der Waals surface area (Å²) in [5, 5.41) is 15.6. The highest BCUT2D eigenvalue weighted by Crippen LogP contribution is 2.42. The van der Waals surface area contributed by atoms with Crippen molar-refractivity contribution < 1.29 is 18.7 Å². The molecule has 2 fully saturated rings. The molecule has 1 heterocycles. The van der Waals surface area contributed by atoms with Gasteiger partial charge in [-0.2, -0.15) is 0 Å². The molecule has 2 aliphatic rings. The number of nitrogens with zero attached hydrogens (tertiary/aromatic N) is 2. The Morgan fingerprint density at radius 3 is 2.38 bits per heavy atom. The molecule has 2 unspecified atom stereocenters. The van der Waals surface area contributed by atoms with Crippen LogP contribution < -0.4 is 5.32 Å². The number of aromatic nitrogens is 2. The SMILES string of the molecule is CC(O)(c1ccc(Cl)c(Cl)c1)c1ccc(F)c(F)c1-c1nccn1C(C(=O)NC1CCCCC1)C1CCCCC1. The Morgan fingerprint density at radius 1 is 1.02 bits per heavy atom. The van der Waals surface area contributed by atoms with Crippen LogP contribution in [0.5, 0.6) is 0 Å². The first-order valence-electron chi connectivity index (χ1n) is 14.2. The van der Waals surface area contributed by atoms with E-state index in [4.69, 9.17) is 23.2 Å². The van der Waals surface area contributed by atoms with Crippen LogP contribution >= 0.6 is 23.2 Å². The third-order valence-electron chi connectivity index (χ3n) is 8.61. The third-order valence-corrected chi connectivity index (χ3v) is 9.35. The lowest BCUT2D eigenvalue weighted by Gasteiger charge is -2.34. The summed E-state index contributed by atoms with van der Waals surface area (Å²) in [7, 11) is 0. The van der Waals surface area contributed by atoms with E-state index in [1.165, 1.54) is 31.7 Å². The van der Waals surface area contributed by atoms with Crippen molar-refractivity contribution in [2.45, 2.75) is 88.8 Å². The Bertz CT molecular complexity index is 1360.